The molecule has 0 fully saturated rings. The number of amides is 1. The van der Waals surface area contributed by atoms with Gasteiger partial charge in [-0.25, -0.2) is 0 Å². The standard InChI is InChI=1S/C25H30ClN3O4/c1-3-33-23(31)10-11-27-25(32)21-9-5-8-20-18(14-29-24(20)21)12-16(2)28-15-22(30)17-6-4-7-19(26)13-17/h4-9,13-14,16,22,28-30H,3,10-12,15H2,1-2H3,(H,27,32)/t16-,22+/m1/s1. The molecule has 0 saturated carbocycles. The molecule has 176 valence electrons. The van der Waals surface area contributed by atoms with E-state index in [4.69, 9.17) is 16.3 Å². The molecule has 1 heterocycles. The number of hydrogen-bond donors (Lipinski definition) is 4. The molecular weight excluding hydrogens is 442 g/mol. The van der Waals surface area contributed by atoms with Crippen LogP contribution in [-0.2, 0) is 16.0 Å². The smallest absolute Gasteiger partial charge is 0.307 e. The van der Waals surface area contributed by atoms with Crippen molar-refractivity contribution < 1.29 is 19.4 Å². The van der Waals surface area contributed by atoms with Crippen LogP contribution in [0.1, 0.15) is 47.9 Å². The average molecular weight is 472 g/mol. The van der Waals surface area contributed by atoms with Crippen molar-refractivity contribution >= 4 is 34.4 Å². The summed E-state index contributed by atoms with van der Waals surface area (Å²) < 4.78 is 4.88. The number of aliphatic hydroxyl groups is 1. The first kappa shape index (κ1) is 24.8. The average Bonchev–Trinajstić information content (AvgIpc) is 3.20. The van der Waals surface area contributed by atoms with Crippen molar-refractivity contribution in [2.24, 2.45) is 0 Å². The SMILES string of the molecule is CCOC(=O)CCNC(=O)c1cccc2c(C[C@@H](C)NC[C@H](O)c3cccc(Cl)c3)c[nH]c12. The van der Waals surface area contributed by atoms with Crippen LogP contribution in [0, 0.1) is 0 Å². The number of fused-ring (bicyclic) bond motifs is 1. The fourth-order valence-corrected chi connectivity index (χ4v) is 3.92. The molecule has 7 nitrogen and oxygen atoms in total. The number of para-hydroxylation sites is 1. The number of rotatable bonds is 11. The van der Waals surface area contributed by atoms with Crippen LogP contribution in [0.2, 0.25) is 5.02 Å². The van der Waals surface area contributed by atoms with Crippen LogP contribution < -0.4 is 10.6 Å². The Morgan fingerprint density at radius 3 is 2.76 bits per heavy atom. The van der Waals surface area contributed by atoms with Crippen molar-refractivity contribution in [1.82, 2.24) is 15.6 Å². The Labute approximate surface area is 198 Å². The third-order valence-electron chi connectivity index (χ3n) is 5.38. The lowest BCUT2D eigenvalue weighted by Gasteiger charge is -2.17. The number of carbonyl (C=O) groups excluding carboxylic acids is 2. The zero-order valence-electron chi connectivity index (χ0n) is 18.9. The maximum atomic E-state index is 12.6. The molecule has 1 aromatic heterocycles. The van der Waals surface area contributed by atoms with Crippen LogP contribution >= 0.6 is 11.6 Å². The van der Waals surface area contributed by atoms with Gasteiger partial charge in [0.05, 0.1) is 30.2 Å². The highest BCUT2D eigenvalue weighted by Crippen LogP contribution is 2.23. The van der Waals surface area contributed by atoms with E-state index in [1.54, 1.807) is 25.1 Å². The zero-order valence-corrected chi connectivity index (χ0v) is 19.6. The molecule has 0 spiro atoms. The van der Waals surface area contributed by atoms with Gasteiger partial charge in [0.25, 0.3) is 5.91 Å². The van der Waals surface area contributed by atoms with Gasteiger partial charge in [0, 0.05) is 35.7 Å². The minimum absolute atomic E-state index is 0.0971. The maximum Gasteiger partial charge on any atom is 0.307 e. The van der Waals surface area contributed by atoms with Crippen LogP contribution in [0.5, 0.6) is 0 Å². The molecule has 33 heavy (non-hydrogen) atoms. The Kier molecular flexibility index (Phi) is 8.88. The summed E-state index contributed by atoms with van der Waals surface area (Å²) in [7, 11) is 0. The summed E-state index contributed by atoms with van der Waals surface area (Å²) in [4.78, 5) is 27.3. The van der Waals surface area contributed by atoms with Gasteiger partial charge in [0.2, 0.25) is 0 Å². The zero-order chi connectivity index (χ0) is 23.8. The summed E-state index contributed by atoms with van der Waals surface area (Å²) in [5.74, 6) is -0.575. The van der Waals surface area contributed by atoms with E-state index in [0.717, 1.165) is 28.5 Å². The number of carbonyl (C=O) groups is 2. The molecule has 0 aliphatic carbocycles. The molecule has 0 bridgehead atoms. The van der Waals surface area contributed by atoms with Crippen LogP contribution in [-0.4, -0.2) is 47.7 Å². The Bertz CT molecular complexity index is 1100. The Morgan fingerprint density at radius 1 is 1.21 bits per heavy atom. The number of ether oxygens (including phenoxy) is 1. The normalized spacial score (nSPS) is 13.0. The quantitative estimate of drug-likeness (QED) is 0.319. The van der Waals surface area contributed by atoms with Crippen molar-refractivity contribution in [3.05, 3.63) is 70.4 Å². The molecule has 4 N–H and O–H groups in total. The monoisotopic (exact) mass is 471 g/mol. The molecule has 0 radical (unpaired) electrons. The summed E-state index contributed by atoms with van der Waals surface area (Å²) in [5.41, 5.74) is 3.13. The van der Waals surface area contributed by atoms with Gasteiger partial charge in [0.15, 0.2) is 0 Å². The number of halogens is 1. The summed E-state index contributed by atoms with van der Waals surface area (Å²) in [6.45, 7) is 4.74. The molecule has 2 atom stereocenters. The van der Waals surface area contributed by atoms with Gasteiger partial charge >= 0.3 is 5.97 Å². The van der Waals surface area contributed by atoms with Crippen LogP contribution in [0.4, 0.5) is 0 Å². The van der Waals surface area contributed by atoms with E-state index in [0.29, 0.717) is 23.7 Å². The number of hydrogen-bond acceptors (Lipinski definition) is 5. The third kappa shape index (κ3) is 6.81. The molecule has 2 aromatic carbocycles. The van der Waals surface area contributed by atoms with Gasteiger partial charge in [-0.15, -0.1) is 0 Å². The minimum atomic E-state index is -0.654. The molecule has 0 unspecified atom stereocenters. The number of H-pyrrole nitrogens is 1. The maximum absolute atomic E-state index is 12.6. The fourth-order valence-electron chi connectivity index (χ4n) is 3.72. The Morgan fingerprint density at radius 2 is 2.00 bits per heavy atom. The third-order valence-corrected chi connectivity index (χ3v) is 5.62. The van der Waals surface area contributed by atoms with Crippen molar-refractivity contribution in [3.63, 3.8) is 0 Å². The Balaban J connectivity index is 1.59. The topological polar surface area (TPSA) is 103 Å². The molecule has 1 amide bonds. The van der Waals surface area contributed by atoms with E-state index in [-0.39, 0.29) is 30.9 Å². The first-order valence-electron chi connectivity index (χ1n) is 11.1. The van der Waals surface area contributed by atoms with E-state index >= 15 is 0 Å². The van der Waals surface area contributed by atoms with Crippen LogP contribution in [0.25, 0.3) is 10.9 Å². The first-order valence-corrected chi connectivity index (χ1v) is 11.5. The summed E-state index contributed by atoms with van der Waals surface area (Å²) >= 11 is 6.01. The number of aromatic nitrogens is 1. The molecular formula is C25H30ClN3O4. The van der Waals surface area contributed by atoms with Gasteiger partial charge < -0.3 is 25.5 Å². The van der Waals surface area contributed by atoms with E-state index in [1.807, 2.05) is 30.5 Å². The van der Waals surface area contributed by atoms with Gasteiger partial charge in [-0.1, -0.05) is 35.9 Å². The second kappa shape index (κ2) is 11.8. The van der Waals surface area contributed by atoms with Gasteiger partial charge in [-0.05, 0) is 49.6 Å². The minimum Gasteiger partial charge on any atom is -0.466 e. The number of esters is 1. The molecule has 0 aliphatic heterocycles. The number of aromatic amines is 1. The van der Waals surface area contributed by atoms with Crippen molar-refractivity contribution in [2.75, 3.05) is 19.7 Å². The van der Waals surface area contributed by atoms with Gasteiger partial charge in [0.1, 0.15) is 0 Å². The van der Waals surface area contributed by atoms with Crippen molar-refractivity contribution in [3.8, 4) is 0 Å². The molecule has 3 rings (SSSR count). The summed E-state index contributed by atoms with van der Waals surface area (Å²) in [6, 6.07) is 12.9. The molecule has 3 aromatic rings. The lowest BCUT2D eigenvalue weighted by Crippen LogP contribution is -2.32. The predicted octanol–water partition coefficient (Wildman–Crippen LogP) is 3.76. The van der Waals surface area contributed by atoms with Crippen LogP contribution in [0.3, 0.4) is 0 Å². The predicted molar refractivity (Wildman–Crippen MR) is 129 cm³/mol. The highest BCUT2D eigenvalue weighted by molar-refractivity contribution is 6.30. The highest BCUT2D eigenvalue weighted by atomic mass is 35.5. The first-order chi connectivity index (χ1) is 15.9. The fraction of sp³-hybridized carbons (Fsp3) is 0.360. The van der Waals surface area contributed by atoms with E-state index in [9.17, 15) is 14.7 Å². The molecule has 0 aliphatic rings. The summed E-state index contributed by atoms with van der Waals surface area (Å²) in [5, 5.41) is 18.1. The van der Waals surface area contributed by atoms with Crippen molar-refractivity contribution in [1.29, 1.82) is 0 Å². The largest absolute Gasteiger partial charge is 0.466 e. The second-order valence-corrected chi connectivity index (χ2v) is 8.37. The van der Waals surface area contributed by atoms with Crippen LogP contribution in [0.15, 0.2) is 48.7 Å². The van der Waals surface area contributed by atoms with E-state index in [1.165, 1.54) is 0 Å². The number of aliphatic hydroxyl groups excluding tert-OH is 1. The van der Waals surface area contributed by atoms with Gasteiger partial charge in [-0.2, -0.15) is 0 Å². The Hall–Kier alpha value is -2.87. The van der Waals surface area contributed by atoms with Crippen molar-refractivity contribution in [2.45, 2.75) is 38.8 Å². The molecule has 0 saturated heterocycles. The number of nitrogens with one attached hydrogen (secondary N) is 3. The lowest BCUT2D eigenvalue weighted by molar-refractivity contribution is -0.142. The summed E-state index contributed by atoms with van der Waals surface area (Å²) in [6.07, 6.45) is 2.11. The van der Waals surface area contributed by atoms with E-state index < -0.39 is 6.10 Å². The second-order valence-electron chi connectivity index (χ2n) is 7.94. The lowest BCUT2D eigenvalue weighted by atomic mass is 10.0. The highest BCUT2D eigenvalue weighted by Gasteiger charge is 2.16. The van der Waals surface area contributed by atoms with E-state index in [2.05, 4.69) is 22.5 Å². The van der Waals surface area contributed by atoms with Gasteiger partial charge in [-0.3, -0.25) is 9.59 Å². The number of benzene rings is 2. The molecule has 8 heteroatoms.